The SMILES string of the molecule is C[C@@H]1CCCC[C@@H]1NC(=O)COC(=O)CCN1C(=O)c2cccc([N+](=O)[O-])c2C1=O. The van der Waals surface area contributed by atoms with Gasteiger partial charge in [0.2, 0.25) is 0 Å². The normalized spacial score (nSPS) is 20.6. The van der Waals surface area contributed by atoms with Crippen LogP contribution in [0, 0.1) is 16.0 Å². The fourth-order valence-electron chi connectivity index (χ4n) is 3.87. The van der Waals surface area contributed by atoms with E-state index in [-0.39, 0.29) is 30.1 Å². The lowest BCUT2D eigenvalue weighted by molar-refractivity contribution is -0.385. The molecule has 1 aliphatic heterocycles. The van der Waals surface area contributed by atoms with Crippen LogP contribution in [0.1, 0.15) is 59.7 Å². The zero-order chi connectivity index (χ0) is 21.8. The molecule has 10 nitrogen and oxygen atoms in total. The zero-order valence-corrected chi connectivity index (χ0v) is 16.6. The van der Waals surface area contributed by atoms with Crippen molar-refractivity contribution in [2.75, 3.05) is 13.2 Å². The number of rotatable bonds is 7. The van der Waals surface area contributed by atoms with Gasteiger partial charge < -0.3 is 10.1 Å². The van der Waals surface area contributed by atoms with E-state index < -0.39 is 40.9 Å². The van der Waals surface area contributed by atoms with Crippen molar-refractivity contribution in [1.29, 1.82) is 0 Å². The molecule has 0 aromatic heterocycles. The Hall–Kier alpha value is -3.30. The molecule has 0 saturated heterocycles. The van der Waals surface area contributed by atoms with Crippen LogP contribution in [0.15, 0.2) is 18.2 Å². The molecule has 1 aromatic carbocycles. The lowest BCUT2D eigenvalue weighted by Crippen LogP contribution is -2.43. The van der Waals surface area contributed by atoms with E-state index in [1.165, 1.54) is 12.1 Å². The minimum absolute atomic E-state index is 0.0662. The number of amides is 3. The van der Waals surface area contributed by atoms with E-state index in [0.717, 1.165) is 36.6 Å². The van der Waals surface area contributed by atoms with Gasteiger partial charge in [-0.2, -0.15) is 0 Å². The summed E-state index contributed by atoms with van der Waals surface area (Å²) in [6, 6.07) is 3.87. The maximum Gasteiger partial charge on any atom is 0.308 e. The summed E-state index contributed by atoms with van der Waals surface area (Å²) >= 11 is 0. The largest absolute Gasteiger partial charge is 0.456 e. The van der Waals surface area contributed by atoms with Crippen LogP contribution in [-0.2, 0) is 14.3 Å². The number of nitrogens with zero attached hydrogens (tertiary/aromatic N) is 2. The van der Waals surface area contributed by atoms with Crippen LogP contribution in [0.2, 0.25) is 0 Å². The molecule has 1 saturated carbocycles. The first-order valence-electron chi connectivity index (χ1n) is 9.88. The van der Waals surface area contributed by atoms with Gasteiger partial charge in [-0.15, -0.1) is 0 Å². The van der Waals surface area contributed by atoms with Crippen LogP contribution in [-0.4, -0.2) is 52.7 Å². The molecule has 0 bridgehead atoms. The molecule has 2 aliphatic rings. The number of hydrogen-bond acceptors (Lipinski definition) is 7. The average Bonchev–Trinajstić information content (AvgIpc) is 2.96. The first-order chi connectivity index (χ1) is 14.3. The van der Waals surface area contributed by atoms with Gasteiger partial charge in [-0.25, -0.2) is 0 Å². The summed E-state index contributed by atoms with van der Waals surface area (Å²) in [6.45, 7) is 1.35. The van der Waals surface area contributed by atoms with E-state index in [4.69, 9.17) is 4.74 Å². The summed E-state index contributed by atoms with van der Waals surface area (Å²) in [7, 11) is 0. The number of fused-ring (bicyclic) bond motifs is 1. The Morgan fingerprint density at radius 2 is 1.97 bits per heavy atom. The first kappa shape index (κ1) is 21.4. The zero-order valence-electron chi connectivity index (χ0n) is 16.6. The molecular weight excluding hydrogens is 394 g/mol. The van der Waals surface area contributed by atoms with Crippen LogP contribution >= 0.6 is 0 Å². The van der Waals surface area contributed by atoms with Crippen LogP contribution in [0.25, 0.3) is 0 Å². The Morgan fingerprint density at radius 1 is 1.23 bits per heavy atom. The lowest BCUT2D eigenvalue weighted by atomic mass is 9.86. The number of nitro groups is 1. The fourth-order valence-corrected chi connectivity index (χ4v) is 3.87. The molecule has 0 spiro atoms. The number of hydrogen-bond donors (Lipinski definition) is 1. The van der Waals surface area contributed by atoms with Gasteiger partial charge in [-0.05, 0) is 24.8 Å². The van der Waals surface area contributed by atoms with Gasteiger partial charge in [0.15, 0.2) is 6.61 Å². The van der Waals surface area contributed by atoms with Crippen molar-refractivity contribution in [2.24, 2.45) is 5.92 Å². The van der Waals surface area contributed by atoms with Gasteiger partial charge in [0.1, 0.15) is 5.56 Å². The molecule has 1 aromatic rings. The molecule has 1 N–H and O–H groups in total. The molecule has 0 unspecified atom stereocenters. The third-order valence-electron chi connectivity index (χ3n) is 5.54. The number of ether oxygens (including phenoxy) is 1. The minimum atomic E-state index is -0.820. The van der Waals surface area contributed by atoms with Crippen molar-refractivity contribution in [1.82, 2.24) is 10.2 Å². The molecule has 10 heteroatoms. The first-order valence-corrected chi connectivity index (χ1v) is 9.88. The number of nitro benzene ring substituents is 1. The smallest absolute Gasteiger partial charge is 0.308 e. The summed E-state index contributed by atoms with van der Waals surface area (Å²) in [4.78, 5) is 60.0. The van der Waals surface area contributed by atoms with Gasteiger partial charge >= 0.3 is 5.97 Å². The van der Waals surface area contributed by atoms with E-state index in [1.807, 2.05) is 0 Å². The average molecular weight is 417 g/mol. The maximum atomic E-state index is 12.4. The Balaban J connectivity index is 1.50. The van der Waals surface area contributed by atoms with Crippen molar-refractivity contribution >= 4 is 29.4 Å². The number of carbonyl (C=O) groups excluding carboxylic acids is 4. The number of carbonyl (C=O) groups is 4. The van der Waals surface area contributed by atoms with E-state index in [2.05, 4.69) is 12.2 Å². The highest BCUT2D eigenvalue weighted by molar-refractivity contribution is 6.23. The van der Waals surface area contributed by atoms with Gasteiger partial charge in [-0.3, -0.25) is 34.2 Å². The molecule has 3 rings (SSSR count). The molecule has 160 valence electrons. The molecule has 1 heterocycles. The Kier molecular flexibility index (Phi) is 6.43. The highest BCUT2D eigenvalue weighted by Gasteiger charge is 2.40. The summed E-state index contributed by atoms with van der Waals surface area (Å²) in [6.07, 6.45) is 3.82. The predicted octanol–water partition coefficient (Wildman–Crippen LogP) is 1.82. The Morgan fingerprint density at radius 3 is 2.67 bits per heavy atom. The monoisotopic (exact) mass is 417 g/mol. The van der Waals surface area contributed by atoms with Crippen molar-refractivity contribution in [2.45, 2.75) is 45.1 Å². The number of imide groups is 1. The van der Waals surface area contributed by atoms with Crippen molar-refractivity contribution < 1.29 is 28.8 Å². The summed E-state index contributed by atoms with van der Waals surface area (Å²) in [5.74, 6) is -2.28. The second kappa shape index (κ2) is 9.02. The van der Waals surface area contributed by atoms with E-state index >= 15 is 0 Å². The van der Waals surface area contributed by atoms with Crippen LogP contribution in [0.4, 0.5) is 5.69 Å². The van der Waals surface area contributed by atoms with E-state index in [0.29, 0.717) is 5.92 Å². The van der Waals surface area contributed by atoms with Crippen LogP contribution < -0.4 is 5.32 Å². The summed E-state index contributed by atoms with van der Waals surface area (Å²) in [5, 5.41) is 14.0. The standard InChI is InChI=1S/C20H23N3O7/c1-12-5-2-3-7-14(12)21-16(24)11-30-17(25)9-10-22-19(26)13-6-4-8-15(23(28)29)18(13)20(22)27/h4,6,8,12,14H,2-3,5,7,9-11H2,1H3,(H,21,24)/t12-,14+/m1/s1. The number of esters is 1. The predicted molar refractivity (Wildman–Crippen MR) is 104 cm³/mol. The Bertz CT molecular complexity index is 898. The molecule has 0 radical (unpaired) electrons. The van der Waals surface area contributed by atoms with Gasteiger partial charge in [0.05, 0.1) is 16.9 Å². The highest BCUT2D eigenvalue weighted by Crippen LogP contribution is 2.30. The second-order valence-electron chi connectivity index (χ2n) is 7.57. The molecule has 30 heavy (non-hydrogen) atoms. The number of benzene rings is 1. The van der Waals surface area contributed by atoms with Crippen LogP contribution in [0.5, 0.6) is 0 Å². The van der Waals surface area contributed by atoms with E-state index in [1.54, 1.807) is 0 Å². The fraction of sp³-hybridized carbons (Fsp3) is 0.500. The van der Waals surface area contributed by atoms with Gasteiger partial charge in [-0.1, -0.05) is 25.8 Å². The summed E-state index contributed by atoms with van der Waals surface area (Å²) in [5.41, 5.74) is -0.796. The molecule has 1 fully saturated rings. The molecule has 2 atom stereocenters. The highest BCUT2D eigenvalue weighted by atomic mass is 16.6. The summed E-state index contributed by atoms with van der Waals surface area (Å²) < 4.78 is 4.94. The third-order valence-corrected chi connectivity index (χ3v) is 5.54. The quantitative estimate of drug-likeness (QED) is 0.309. The second-order valence-corrected chi connectivity index (χ2v) is 7.57. The molecular formula is C20H23N3O7. The lowest BCUT2D eigenvalue weighted by Gasteiger charge is -2.29. The van der Waals surface area contributed by atoms with Crippen LogP contribution in [0.3, 0.4) is 0 Å². The van der Waals surface area contributed by atoms with Crippen molar-refractivity contribution in [3.63, 3.8) is 0 Å². The van der Waals surface area contributed by atoms with Gasteiger partial charge in [0.25, 0.3) is 23.4 Å². The van der Waals surface area contributed by atoms with E-state index in [9.17, 15) is 29.3 Å². The Labute approximate surface area is 172 Å². The van der Waals surface area contributed by atoms with Gasteiger partial charge in [0, 0.05) is 18.7 Å². The third kappa shape index (κ3) is 4.47. The topological polar surface area (TPSA) is 136 Å². The van der Waals surface area contributed by atoms with Crippen molar-refractivity contribution in [3.8, 4) is 0 Å². The molecule has 1 aliphatic carbocycles. The van der Waals surface area contributed by atoms with Crippen molar-refractivity contribution in [3.05, 3.63) is 39.4 Å². The molecule has 3 amide bonds. The maximum absolute atomic E-state index is 12.4. The minimum Gasteiger partial charge on any atom is -0.456 e. The number of nitrogens with one attached hydrogen (secondary N) is 1.